The Morgan fingerprint density at radius 2 is 1.45 bits per heavy atom. The average molecular weight is 491 g/mol. The highest BCUT2D eigenvalue weighted by Crippen LogP contribution is 2.56. The molecule has 0 bridgehead atoms. The first-order valence-electron chi connectivity index (χ1n) is 12.8. The molecule has 2 N–H and O–H groups in total. The second-order valence-corrected chi connectivity index (χ2v) is 9.63. The number of nitrogens with two attached hydrogens (primary N) is 1. The highest BCUT2D eigenvalue weighted by molar-refractivity contribution is 5.86. The number of rotatable bonds is 7. The lowest BCUT2D eigenvalue weighted by atomic mass is 9.67. The highest BCUT2D eigenvalue weighted by Gasteiger charge is 2.45. The lowest BCUT2D eigenvalue weighted by Crippen LogP contribution is -2.28. The van der Waals surface area contributed by atoms with Crippen LogP contribution in [-0.2, 0) is 11.8 Å². The van der Waals surface area contributed by atoms with Gasteiger partial charge >= 0.3 is 0 Å². The molecule has 184 valence electrons. The van der Waals surface area contributed by atoms with Crippen LogP contribution in [0.3, 0.4) is 0 Å². The van der Waals surface area contributed by atoms with Gasteiger partial charge in [-0.1, -0.05) is 122 Å². The molecular formula is C36H30N2. The van der Waals surface area contributed by atoms with Crippen LogP contribution in [0.4, 0.5) is 0 Å². The highest BCUT2D eigenvalue weighted by atomic mass is 14.6. The van der Waals surface area contributed by atoms with E-state index in [0.717, 1.165) is 6.42 Å². The summed E-state index contributed by atoms with van der Waals surface area (Å²) in [4.78, 5) is 0. The van der Waals surface area contributed by atoms with Crippen molar-refractivity contribution in [3.63, 3.8) is 0 Å². The van der Waals surface area contributed by atoms with Gasteiger partial charge in [-0.25, -0.2) is 0 Å². The van der Waals surface area contributed by atoms with Crippen molar-refractivity contribution < 1.29 is 0 Å². The molecular weight excluding hydrogens is 460 g/mol. The summed E-state index contributed by atoms with van der Waals surface area (Å²) in [5.74, 6) is 0. The first-order chi connectivity index (χ1) is 18.6. The van der Waals surface area contributed by atoms with E-state index in [1.54, 1.807) is 13.0 Å². The van der Waals surface area contributed by atoms with Crippen LogP contribution in [0, 0.1) is 11.3 Å². The topological polar surface area (TPSA) is 49.8 Å². The monoisotopic (exact) mass is 490 g/mol. The van der Waals surface area contributed by atoms with Crippen LogP contribution < -0.4 is 5.73 Å². The predicted molar refractivity (Wildman–Crippen MR) is 157 cm³/mol. The van der Waals surface area contributed by atoms with E-state index in [2.05, 4.69) is 122 Å². The summed E-state index contributed by atoms with van der Waals surface area (Å²) >= 11 is 0. The maximum Gasteiger partial charge on any atom is 0.0944 e. The molecule has 4 aromatic carbocycles. The normalized spacial score (nSPS) is 14.1. The number of benzene rings is 4. The summed E-state index contributed by atoms with van der Waals surface area (Å²) in [5, 5.41) is 8.96. The van der Waals surface area contributed by atoms with Gasteiger partial charge in [0.25, 0.3) is 0 Å². The van der Waals surface area contributed by atoms with Crippen LogP contribution in [-0.4, -0.2) is 0 Å². The summed E-state index contributed by atoms with van der Waals surface area (Å²) in [6, 6.07) is 39.4. The Morgan fingerprint density at radius 3 is 2.11 bits per heavy atom. The Balaban J connectivity index is 1.55. The summed E-state index contributed by atoms with van der Waals surface area (Å²) < 4.78 is 0. The largest absolute Gasteiger partial charge is 0.398 e. The van der Waals surface area contributed by atoms with Crippen molar-refractivity contribution in [1.29, 1.82) is 5.26 Å². The third-order valence-electron chi connectivity index (χ3n) is 7.23. The molecule has 1 aliphatic carbocycles. The Bertz CT molecular complexity index is 1570. The SMILES string of the molecule is C=C(/C=C(\C)C#N)/C(N)=C/C=C\Cc1ccc2c(c1)-c1ccccc1C2(c1ccccc1)c1ccccc1. The Labute approximate surface area is 225 Å². The molecule has 0 radical (unpaired) electrons. The van der Waals surface area contributed by atoms with E-state index in [-0.39, 0.29) is 5.41 Å². The lowest BCUT2D eigenvalue weighted by Gasteiger charge is -2.33. The molecule has 0 saturated carbocycles. The van der Waals surface area contributed by atoms with Crippen LogP contribution in [0.15, 0.2) is 151 Å². The Morgan fingerprint density at radius 1 is 0.842 bits per heavy atom. The molecule has 0 unspecified atom stereocenters. The van der Waals surface area contributed by atoms with Crippen LogP contribution in [0.2, 0.25) is 0 Å². The molecule has 0 saturated heterocycles. The molecule has 0 heterocycles. The molecule has 4 aromatic rings. The van der Waals surface area contributed by atoms with Gasteiger partial charge in [0.1, 0.15) is 0 Å². The van der Waals surface area contributed by atoms with Crippen molar-refractivity contribution in [3.05, 3.63) is 179 Å². The maximum atomic E-state index is 8.96. The average Bonchev–Trinajstić information content (AvgIpc) is 3.26. The molecule has 5 rings (SSSR count). The Kier molecular flexibility index (Phi) is 6.94. The fourth-order valence-electron chi connectivity index (χ4n) is 5.48. The fourth-order valence-corrected chi connectivity index (χ4v) is 5.48. The molecule has 0 aliphatic heterocycles. The van der Waals surface area contributed by atoms with Gasteiger partial charge < -0.3 is 5.73 Å². The lowest BCUT2D eigenvalue weighted by molar-refractivity contribution is 0.768. The third-order valence-corrected chi connectivity index (χ3v) is 7.23. The number of nitrogens with zero attached hydrogens (tertiary/aromatic N) is 1. The standard InChI is InChI=1S/C36H30N2/c1-26(25-37)23-27(2)35(38)20-12-9-13-28-21-22-34-32(24-28)31-18-10-11-19-33(31)36(34,29-14-5-3-6-15-29)30-16-7-4-8-17-30/h3-12,14-24H,2,13,38H2,1H3/b12-9-,26-23+,35-20-. The molecule has 0 amide bonds. The zero-order valence-corrected chi connectivity index (χ0v) is 21.6. The molecule has 0 spiro atoms. The number of fused-ring (bicyclic) bond motifs is 3. The fraction of sp³-hybridized carbons (Fsp3) is 0.0833. The van der Waals surface area contributed by atoms with Crippen molar-refractivity contribution in [3.8, 4) is 17.2 Å². The number of allylic oxidation sites excluding steroid dienone is 5. The molecule has 0 atom stereocenters. The summed E-state index contributed by atoms with van der Waals surface area (Å²) in [5.41, 5.74) is 16.5. The van der Waals surface area contributed by atoms with Crippen LogP contribution >= 0.6 is 0 Å². The molecule has 2 nitrogen and oxygen atoms in total. The first-order valence-corrected chi connectivity index (χ1v) is 12.8. The van der Waals surface area contributed by atoms with E-state index in [0.29, 0.717) is 16.8 Å². The van der Waals surface area contributed by atoms with Gasteiger partial charge in [0.15, 0.2) is 0 Å². The van der Waals surface area contributed by atoms with E-state index in [4.69, 9.17) is 11.0 Å². The van der Waals surface area contributed by atoms with Gasteiger partial charge in [-0.05, 0) is 70.0 Å². The van der Waals surface area contributed by atoms with Crippen molar-refractivity contribution in [2.24, 2.45) is 5.73 Å². The van der Waals surface area contributed by atoms with Crippen LogP contribution in [0.1, 0.15) is 34.7 Å². The quantitative estimate of drug-likeness (QED) is 0.185. The van der Waals surface area contributed by atoms with Crippen molar-refractivity contribution in [2.45, 2.75) is 18.8 Å². The second-order valence-electron chi connectivity index (χ2n) is 9.63. The molecule has 0 aromatic heterocycles. The zero-order valence-electron chi connectivity index (χ0n) is 21.6. The smallest absolute Gasteiger partial charge is 0.0944 e. The van der Waals surface area contributed by atoms with Gasteiger partial charge in [0, 0.05) is 11.3 Å². The van der Waals surface area contributed by atoms with E-state index in [9.17, 15) is 0 Å². The minimum Gasteiger partial charge on any atom is -0.398 e. The third kappa shape index (κ3) is 4.40. The van der Waals surface area contributed by atoms with Crippen LogP contribution in [0.5, 0.6) is 0 Å². The van der Waals surface area contributed by atoms with Crippen molar-refractivity contribution in [1.82, 2.24) is 0 Å². The molecule has 1 aliphatic rings. The summed E-state index contributed by atoms with van der Waals surface area (Å²) in [6.45, 7) is 5.69. The Hall–Kier alpha value is -4.87. The minimum atomic E-state index is -0.366. The van der Waals surface area contributed by atoms with Gasteiger partial charge in [-0.3, -0.25) is 0 Å². The first kappa shape index (κ1) is 24.8. The van der Waals surface area contributed by atoms with Crippen molar-refractivity contribution >= 4 is 0 Å². The van der Waals surface area contributed by atoms with Gasteiger partial charge in [-0.2, -0.15) is 5.26 Å². The van der Waals surface area contributed by atoms with Crippen LogP contribution in [0.25, 0.3) is 11.1 Å². The van der Waals surface area contributed by atoms with Crippen molar-refractivity contribution in [2.75, 3.05) is 0 Å². The molecule has 0 fully saturated rings. The van der Waals surface area contributed by atoms with Gasteiger partial charge in [-0.15, -0.1) is 0 Å². The van der Waals surface area contributed by atoms with E-state index in [1.165, 1.54) is 38.9 Å². The number of nitriles is 1. The molecule has 2 heteroatoms. The maximum absolute atomic E-state index is 8.96. The number of hydrogen-bond donors (Lipinski definition) is 1. The van der Waals surface area contributed by atoms with Gasteiger partial charge in [0.05, 0.1) is 11.5 Å². The number of hydrogen-bond acceptors (Lipinski definition) is 2. The molecule has 38 heavy (non-hydrogen) atoms. The minimum absolute atomic E-state index is 0.366. The van der Waals surface area contributed by atoms with Gasteiger partial charge in [0.2, 0.25) is 0 Å². The van der Waals surface area contributed by atoms with E-state index >= 15 is 0 Å². The predicted octanol–water partition coefficient (Wildman–Crippen LogP) is 8.02. The summed E-state index contributed by atoms with van der Waals surface area (Å²) in [7, 11) is 0. The van der Waals surface area contributed by atoms with E-state index in [1.807, 2.05) is 12.2 Å². The van der Waals surface area contributed by atoms with E-state index < -0.39 is 0 Å². The second kappa shape index (κ2) is 10.6. The zero-order chi connectivity index (χ0) is 26.5. The summed E-state index contributed by atoms with van der Waals surface area (Å²) in [6.07, 6.45) is 8.37.